The van der Waals surface area contributed by atoms with Gasteiger partial charge in [0.15, 0.2) is 11.7 Å². The fourth-order valence-corrected chi connectivity index (χ4v) is 9.31. The Hall–Kier alpha value is -9.26. The summed E-state index contributed by atoms with van der Waals surface area (Å²) in [5.74, 6) is 0.332. The number of amidine groups is 2. The summed E-state index contributed by atoms with van der Waals surface area (Å²) in [6, 6.07) is 79.6. The minimum absolute atomic E-state index is 0.0415. The molecular formula is C62H41N5O. The molecular weight excluding hydrogens is 831 g/mol. The van der Waals surface area contributed by atoms with Crippen molar-refractivity contribution < 1.29 is 4.42 Å². The smallest absolute Gasteiger partial charge is 0.180 e. The molecule has 0 radical (unpaired) electrons. The Bertz CT molecular complexity index is 3740. The molecule has 12 aromatic rings. The monoisotopic (exact) mass is 871 g/mol. The highest BCUT2D eigenvalue weighted by atomic mass is 16.3. The van der Waals surface area contributed by atoms with E-state index < -0.39 is 0 Å². The predicted octanol–water partition coefficient (Wildman–Crippen LogP) is 15.6. The van der Waals surface area contributed by atoms with Crippen molar-refractivity contribution in [3.8, 4) is 50.2 Å². The van der Waals surface area contributed by atoms with E-state index in [4.69, 9.17) is 19.4 Å². The summed E-state index contributed by atoms with van der Waals surface area (Å²) in [5, 5.41) is 14.0. The van der Waals surface area contributed by atoms with E-state index in [1.54, 1.807) is 12.4 Å². The molecule has 3 heterocycles. The Labute approximate surface area is 393 Å². The van der Waals surface area contributed by atoms with Crippen LogP contribution in [-0.4, -0.2) is 27.4 Å². The van der Waals surface area contributed by atoms with E-state index in [1.807, 2.05) is 72.8 Å². The molecule has 6 heteroatoms. The number of fused-ring (bicyclic) bond motifs is 6. The van der Waals surface area contributed by atoms with Gasteiger partial charge in [-0.25, -0.2) is 9.98 Å². The van der Waals surface area contributed by atoms with Gasteiger partial charge in [0.05, 0.1) is 16.7 Å². The minimum Gasteiger partial charge on any atom is -0.456 e. The van der Waals surface area contributed by atoms with Crippen molar-refractivity contribution in [2.45, 2.75) is 0 Å². The van der Waals surface area contributed by atoms with Gasteiger partial charge >= 0.3 is 0 Å². The van der Waals surface area contributed by atoms with Crippen molar-refractivity contribution in [1.29, 1.82) is 5.41 Å². The number of nitrogens with zero attached hydrogens (tertiary/aromatic N) is 4. The molecule has 0 aliphatic carbocycles. The number of rotatable bonds is 8. The highest BCUT2D eigenvalue weighted by molar-refractivity contribution is 6.16. The maximum Gasteiger partial charge on any atom is 0.180 e. The molecule has 0 aliphatic rings. The largest absolute Gasteiger partial charge is 0.456 e. The van der Waals surface area contributed by atoms with Gasteiger partial charge in [-0.05, 0) is 81.4 Å². The summed E-state index contributed by atoms with van der Waals surface area (Å²) in [6.07, 6.45) is 3.57. The second-order valence-electron chi connectivity index (χ2n) is 16.8. The van der Waals surface area contributed by atoms with Crippen LogP contribution in [-0.2, 0) is 0 Å². The molecule has 320 valence electrons. The van der Waals surface area contributed by atoms with Gasteiger partial charge in [-0.2, -0.15) is 0 Å². The molecule has 0 saturated heterocycles. The van der Waals surface area contributed by atoms with Gasteiger partial charge in [0.25, 0.3) is 0 Å². The Morgan fingerprint density at radius 1 is 0.456 bits per heavy atom. The molecule has 0 unspecified atom stereocenters. The quantitative estimate of drug-likeness (QED) is 0.122. The summed E-state index contributed by atoms with van der Waals surface area (Å²) in [7, 11) is 0. The zero-order valence-electron chi connectivity index (χ0n) is 36.8. The molecule has 12 rings (SSSR count). The lowest BCUT2D eigenvalue weighted by molar-refractivity contribution is 0.668. The van der Waals surface area contributed by atoms with Crippen LogP contribution in [0.15, 0.2) is 251 Å². The van der Waals surface area contributed by atoms with Crippen LogP contribution in [0.4, 0.5) is 0 Å². The molecule has 0 bridgehead atoms. The molecule has 6 nitrogen and oxygen atoms in total. The van der Waals surface area contributed by atoms with E-state index in [9.17, 15) is 5.41 Å². The van der Waals surface area contributed by atoms with Gasteiger partial charge in [0.2, 0.25) is 0 Å². The summed E-state index contributed by atoms with van der Waals surface area (Å²) < 4.78 is 8.70. The lowest BCUT2D eigenvalue weighted by Gasteiger charge is -2.21. The van der Waals surface area contributed by atoms with Crippen LogP contribution in [0.3, 0.4) is 0 Å². The van der Waals surface area contributed by atoms with Crippen molar-refractivity contribution in [2.24, 2.45) is 9.98 Å². The standard InChI is InChI=1S/C62H41N5O/c63-61(66-62(65-39-41-18-6-1-7-19-41)55-38-59-54(40-64-55)49-28-16-17-29-58(49)68-59)48-36-50(44-24-12-4-13-25-44)60(51(37-48)45-26-14-5-15-27-45)67-56-32-30-46(42-20-8-2-9-21-42)34-52(56)53-35-47(31-33-57(53)67)43-22-10-3-11-23-43/h1-40,63H. The zero-order chi connectivity index (χ0) is 45.4. The summed E-state index contributed by atoms with van der Waals surface area (Å²) in [6.45, 7) is 0. The number of para-hydroxylation sites is 1. The number of aliphatic imine (C=N–C) groups is 2. The summed E-state index contributed by atoms with van der Waals surface area (Å²) in [4.78, 5) is 14.8. The van der Waals surface area contributed by atoms with Gasteiger partial charge in [-0.1, -0.05) is 182 Å². The molecule has 0 saturated carbocycles. The van der Waals surface area contributed by atoms with Crippen LogP contribution in [0, 0.1) is 5.41 Å². The molecule has 3 aromatic heterocycles. The molecule has 9 aromatic carbocycles. The number of hydrogen-bond acceptors (Lipinski definition) is 3. The van der Waals surface area contributed by atoms with Crippen molar-refractivity contribution in [2.75, 3.05) is 0 Å². The van der Waals surface area contributed by atoms with Gasteiger partial charge in [0, 0.05) is 56.7 Å². The molecule has 0 atom stereocenters. The van der Waals surface area contributed by atoms with Gasteiger partial charge < -0.3 is 8.98 Å². The second-order valence-corrected chi connectivity index (χ2v) is 16.8. The van der Waals surface area contributed by atoms with Gasteiger partial charge in [-0.15, -0.1) is 0 Å². The minimum atomic E-state index is 0.0415. The third-order valence-corrected chi connectivity index (χ3v) is 12.6. The Morgan fingerprint density at radius 3 is 1.51 bits per heavy atom. The number of hydrogen-bond donors (Lipinski definition) is 1. The third kappa shape index (κ3) is 7.46. The molecule has 1 N–H and O–H groups in total. The normalized spacial score (nSPS) is 11.9. The van der Waals surface area contributed by atoms with Crippen LogP contribution in [0.1, 0.15) is 16.8 Å². The van der Waals surface area contributed by atoms with E-state index in [1.165, 1.54) is 0 Å². The van der Waals surface area contributed by atoms with Crippen molar-refractivity contribution in [3.05, 3.63) is 254 Å². The molecule has 0 amide bonds. The zero-order valence-corrected chi connectivity index (χ0v) is 36.8. The number of aromatic nitrogens is 2. The van der Waals surface area contributed by atoms with E-state index in [2.05, 4.69) is 162 Å². The fraction of sp³-hybridized carbons (Fsp3) is 0. The topological polar surface area (TPSA) is 79.5 Å². The van der Waals surface area contributed by atoms with Crippen LogP contribution < -0.4 is 0 Å². The first-order valence-electron chi connectivity index (χ1n) is 22.7. The molecule has 0 spiro atoms. The van der Waals surface area contributed by atoms with Gasteiger partial charge in [0.1, 0.15) is 16.9 Å². The number of nitrogens with one attached hydrogen (secondary N) is 1. The maximum atomic E-state index is 9.86. The second kappa shape index (κ2) is 17.3. The van der Waals surface area contributed by atoms with Crippen LogP contribution in [0.2, 0.25) is 0 Å². The molecule has 68 heavy (non-hydrogen) atoms. The highest BCUT2D eigenvalue weighted by Crippen LogP contribution is 2.44. The lowest BCUT2D eigenvalue weighted by atomic mass is 9.92. The van der Waals surface area contributed by atoms with E-state index in [-0.39, 0.29) is 5.84 Å². The fourth-order valence-electron chi connectivity index (χ4n) is 9.31. The number of benzene rings is 9. The van der Waals surface area contributed by atoms with Crippen molar-refractivity contribution >= 4 is 61.6 Å². The molecule has 0 fully saturated rings. The number of pyridine rings is 1. The Balaban J connectivity index is 1.10. The Kier molecular flexibility index (Phi) is 10.2. The third-order valence-electron chi connectivity index (χ3n) is 12.6. The average Bonchev–Trinajstić information content (AvgIpc) is 3.95. The van der Waals surface area contributed by atoms with Crippen LogP contribution >= 0.6 is 0 Å². The summed E-state index contributed by atoms with van der Waals surface area (Å²) >= 11 is 0. The SMILES string of the molecule is N=C(N=C(N=Cc1ccccc1)c1cc2oc3ccccc3c2cn1)c1cc(-c2ccccc2)c(-n2c3ccc(-c4ccccc4)cc3c3cc(-c4ccccc4)ccc32)c(-c2ccccc2)c1. The van der Waals surface area contributed by atoms with Crippen LogP contribution in [0.25, 0.3) is 93.9 Å². The maximum absolute atomic E-state index is 9.86. The first-order valence-corrected chi connectivity index (χ1v) is 22.7. The lowest BCUT2D eigenvalue weighted by Crippen LogP contribution is -2.08. The van der Waals surface area contributed by atoms with Crippen molar-refractivity contribution in [1.82, 2.24) is 9.55 Å². The van der Waals surface area contributed by atoms with E-state index in [0.717, 1.165) is 93.9 Å². The van der Waals surface area contributed by atoms with E-state index in [0.29, 0.717) is 22.7 Å². The predicted molar refractivity (Wildman–Crippen MR) is 281 cm³/mol. The highest BCUT2D eigenvalue weighted by Gasteiger charge is 2.23. The van der Waals surface area contributed by atoms with Crippen LogP contribution in [0.5, 0.6) is 0 Å². The van der Waals surface area contributed by atoms with E-state index >= 15 is 0 Å². The first kappa shape index (κ1) is 40.3. The Morgan fingerprint density at radius 2 is 0.956 bits per heavy atom. The van der Waals surface area contributed by atoms with Crippen molar-refractivity contribution in [3.63, 3.8) is 0 Å². The molecule has 0 aliphatic heterocycles. The summed E-state index contributed by atoms with van der Waals surface area (Å²) in [5.41, 5.74) is 15.2. The van der Waals surface area contributed by atoms with Gasteiger partial charge in [-0.3, -0.25) is 10.4 Å². The number of furan rings is 1. The average molecular weight is 872 g/mol. The first-order chi connectivity index (χ1) is 33.6.